The van der Waals surface area contributed by atoms with Gasteiger partial charge in [0.05, 0.1) is 12.5 Å². The summed E-state index contributed by atoms with van der Waals surface area (Å²) in [5.74, 6) is -5.87. The number of Topliss-reactive ketones (excluding diaryl/α,β-unsaturated/α-hetero) is 1. The highest BCUT2D eigenvalue weighted by Crippen LogP contribution is 2.70. The second kappa shape index (κ2) is 13.2. The van der Waals surface area contributed by atoms with Crippen LogP contribution in [0.15, 0.2) is 23.8 Å². The van der Waals surface area contributed by atoms with E-state index in [1.807, 2.05) is 0 Å². The lowest BCUT2D eigenvalue weighted by Crippen LogP contribution is -2.68. The lowest BCUT2D eigenvalue weighted by atomic mass is 9.45. The first kappa shape index (κ1) is 35.8. The third kappa shape index (κ3) is 6.57. The van der Waals surface area contributed by atoms with Gasteiger partial charge in [-0.15, -0.1) is 20.2 Å². The number of fused-ring (bicyclic) bond motifs is 5. The van der Waals surface area contributed by atoms with E-state index in [9.17, 15) is 44.5 Å². The highest BCUT2D eigenvalue weighted by atomic mass is 19.1. The molecule has 0 heterocycles. The van der Waals surface area contributed by atoms with Gasteiger partial charge in [0.15, 0.2) is 23.3 Å². The minimum absolute atomic E-state index is 0.00681. The third-order valence-electron chi connectivity index (χ3n) is 10.4. The van der Waals surface area contributed by atoms with E-state index < -0.39 is 119 Å². The maximum Gasteiger partial charge on any atom is 0.323 e. The van der Waals surface area contributed by atoms with Crippen molar-refractivity contribution in [3.8, 4) is 0 Å². The molecule has 8 unspecified atom stereocenters. The van der Waals surface area contributed by atoms with Gasteiger partial charge in [-0.3, -0.25) is 19.2 Å². The maximum atomic E-state index is 17.3. The quantitative estimate of drug-likeness (QED) is 0.159. The van der Waals surface area contributed by atoms with E-state index in [-0.39, 0.29) is 24.3 Å². The topological polar surface area (TPSA) is 238 Å². The zero-order valence-corrected chi connectivity index (χ0v) is 25.9. The molecule has 3 saturated carbocycles. The average molecular weight is 674 g/mol. The highest BCUT2D eigenvalue weighted by Gasteiger charge is 2.73. The first-order valence-corrected chi connectivity index (χ1v) is 15.0. The van der Waals surface area contributed by atoms with Gasteiger partial charge in [-0.2, -0.15) is 0 Å². The molecule has 0 amide bonds. The largest absolute Gasteiger partial charge is 0.462 e. The minimum atomic E-state index is -2.30. The van der Waals surface area contributed by atoms with Crippen molar-refractivity contribution in [3.63, 3.8) is 0 Å². The fraction of sp³-hybridized carbons (Fsp3) is 0.724. The smallest absolute Gasteiger partial charge is 0.323 e. The molecule has 0 saturated heterocycles. The van der Waals surface area contributed by atoms with Crippen LogP contribution in [0.4, 0.5) is 8.78 Å². The number of carbonyl (C=O) groups excluding carboxylic acids is 4. The number of esters is 2. The molecule has 0 spiro atoms. The molecule has 16 nitrogen and oxygen atoms in total. The summed E-state index contributed by atoms with van der Waals surface area (Å²) in [5, 5.41) is 29.7. The second-order valence-electron chi connectivity index (χ2n) is 13.2. The first-order valence-electron chi connectivity index (χ1n) is 15.0. The Balaban J connectivity index is 1.37. The Morgan fingerprint density at radius 2 is 1.81 bits per heavy atom. The predicted molar refractivity (Wildman–Crippen MR) is 151 cm³/mol. The predicted octanol–water partition coefficient (Wildman–Crippen LogP) is 1.33. The Labute approximate surface area is 266 Å². The van der Waals surface area contributed by atoms with Gasteiger partial charge in [-0.25, -0.2) is 8.78 Å². The zero-order chi connectivity index (χ0) is 35.1. The van der Waals surface area contributed by atoms with Crippen molar-refractivity contribution in [2.45, 2.75) is 76.5 Å². The highest BCUT2D eigenvalue weighted by molar-refractivity contribution is 6.01. The molecule has 18 heteroatoms. The van der Waals surface area contributed by atoms with Gasteiger partial charge in [0.1, 0.15) is 32.0 Å². The van der Waals surface area contributed by atoms with Gasteiger partial charge in [0.2, 0.25) is 0 Å². The molecule has 47 heavy (non-hydrogen) atoms. The fourth-order valence-electron chi connectivity index (χ4n) is 8.48. The zero-order valence-electron chi connectivity index (χ0n) is 25.9. The van der Waals surface area contributed by atoms with Gasteiger partial charge >= 0.3 is 11.9 Å². The summed E-state index contributed by atoms with van der Waals surface area (Å²) in [6, 6.07) is -1.63. The molecule has 0 aromatic carbocycles. The van der Waals surface area contributed by atoms with Crippen LogP contribution in [-0.2, 0) is 38.3 Å². The molecule has 0 aromatic rings. The van der Waals surface area contributed by atoms with Crippen LogP contribution in [0.2, 0.25) is 0 Å². The number of aliphatic hydroxyl groups is 1. The van der Waals surface area contributed by atoms with E-state index in [4.69, 9.17) is 15.2 Å². The number of carbonyl (C=O) groups is 4. The summed E-state index contributed by atoms with van der Waals surface area (Å²) in [5.41, 5.74) is 0.813. The summed E-state index contributed by atoms with van der Waals surface area (Å²) in [6.45, 7) is 2.48. The molecule has 260 valence electrons. The van der Waals surface area contributed by atoms with Crippen LogP contribution in [0, 0.1) is 54.7 Å². The molecular weight excluding hydrogens is 636 g/mol. The van der Waals surface area contributed by atoms with Crippen LogP contribution < -0.4 is 5.73 Å². The number of ketones is 2. The minimum Gasteiger partial charge on any atom is -0.462 e. The van der Waals surface area contributed by atoms with E-state index in [2.05, 4.69) is 9.68 Å². The average Bonchev–Trinajstić information content (AvgIpc) is 3.24. The number of nitrogens with two attached hydrogens (primary N) is 1. The second-order valence-corrected chi connectivity index (χ2v) is 13.2. The maximum absolute atomic E-state index is 17.3. The van der Waals surface area contributed by atoms with Crippen LogP contribution in [0.25, 0.3) is 0 Å². The fourth-order valence-corrected chi connectivity index (χ4v) is 8.48. The van der Waals surface area contributed by atoms with Crippen LogP contribution in [0.3, 0.4) is 0 Å². The van der Waals surface area contributed by atoms with E-state index >= 15 is 8.78 Å². The number of allylic oxidation sites excluding steroid dienone is 4. The van der Waals surface area contributed by atoms with Gasteiger partial charge in [-0.1, -0.05) is 19.9 Å². The van der Waals surface area contributed by atoms with E-state index in [0.29, 0.717) is 6.42 Å². The van der Waals surface area contributed by atoms with Crippen molar-refractivity contribution in [1.29, 1.82) is 0 Å². The number of ether oxygens (including phenoxy) is 2. The lowest BCUT2D eigenvalue weighted by molar-refractivity contribution is -0.790. The van der Waals surface area contributed by atoms with Crippen molar-refractivity contribution in [2.75, 3.05) is 19.8 Å². The van der Waals surface area contributed by atoms with Crippen molar-refractivity contribution in [3.05, 3.63) is 44.0 Å². The van der Waals surface area contributed by atoms with E-state index in [1.54, 1.807) is 13.8 Å². The molecular formula is C29H37F2N3O13. The molecule has 3 N–H and O–H groups in total. The van der Waals surface area contributed by atoms with Crippen molar-refractivity contribution < 1.29 is 62.4 Å². The normalized spacial score (nSPS) is 36.8. The Hall–Kier alpha value is -4.06. The van der Waals surface area contributed by atoms with Crippen LogP contribution in [0.1, 0.15) is 46.5 Å². The van der Waals surface area contributed by atoms with Gasteiger partial charge < -0.3 is 30.0 Å². The molecule has 4 aliphatic rings. The van der Waals surface area contributed by atoms with Crippen molar-refractivity contribution in [2.24, 2.45) is 40.2 Å². The Morgan fingerprint density at radius 1 is 1.13 bits per heavy atom. The summed E-state index contributed by atoms with van der Waals surface area (Å²) in [4.78, 5) is 79.1. The molecule has 0 aromatic heterocycles. The SMILES string of the molecule is C[C@@H]1CC2C3C[C@H](F)C4=CC(=O)C=CC4(C)[C@@]3(F)C(O)CC2(C)C1C(=O)COC(=O)CC(N)C(=O)OCC(CO[N+](=O)[O-])O[N+](=O)[O-]. The number of hydrogen-bond acceptors (Lipinski definition) is 14. The summed E-state index contributed by atoms with van der Waals surface area (Å²) >= 11 is 0. The Bertz CT molecular complexity index is 1390. The number of aliphatic hydroxyl groups excluding tert-OH is 1. The molecule has 3 fully saturated rings. The number of nitrogens with zero attached hydrogens (tertiary/aromatic N) is 2. The molecule has 0 bridgehead atoms. The van der Waals surface area contributed by atoms with Crippen LogP contribution >= 0.6 is 0 Å². The number of alkyl halides is 2. The number of rotatable bonds is 13. The van der Waals surface area contributed by atoms with Gasteiger partial charge in [0, 0.05) is 17.3 Å². The Morgan fingerprint density at radius 3 is 2.45 bits per heavy atom. The van der Waals surface area contributed by atoms with E-state index in [1.165, 1.54) is 19.1 Å². The summed E-state index contributed by atoms with van der Waals surface area (Å²) in [7, 11) is 0. The molecule has 4 aliphatic carbocycles. The molecule has 0 radical (unpaired) electrons. The van der Waals surface area contributed by atoms with Crippen molar-refractivity contribution in [1.82, 2.24) is 0 Å². The summed E-state index contributed by atoms with van der Waals surface area (Å²) in [6.07, 6.45) is -2.08. The summed E-state index contributed by atoms with van der Waals surface area (Å²) < 4.78 is 42.7. The van der Waals surface area contributed by atoms with E-state index in [0.717, 1.165) is 6.08 Å². The lowest BCUT2D eigenvalue weighted by Gasteiger charge is -2.62. The molecule has 11 atom stereocenters. The Kier molecular flexibility index (Phi) is 10.1. The van der Waals surface area contributed by atoms with Crippen molar-refractivity contribution >= 4 is 23.5 Å². The first-order chi connectivity index (χ1) is 21.8. The number of halogens is 2. The third-order valence-corrected chi connectivity index (χ3v) is 10.4. The van der Waals surface area contributed by atoms with Gasteiger partial charge in [-0.05, 0) is 61.2 Å². The van der Waals surface area contributed by atoms with Gasteiger partial charge in [0.25, 0.3) is 10.2 Å². The molecule has 4 rings (SSSR count). The number of hydrogen-bond donors (Lipinski definition) is 2. The van der Waals surface area contributed by atoms with Crippen LogP contribution in [0.5, 0.6) is 0 Å². The molecule has 0 aliphatic heterocycles. The standard InChI is InChI=1S/C29H37F2N3O13/c1-14-6-17-18-8-20(30)19-7-15(35)4-5-28(19,3)29(18,31)23(37)10-27(17,2)25(14)22(36)13-44-24(38)9-21(32)26(39)45-11-16(47-34(42)43)12-46-33(40)41/h4-5,7,14,16-18,20-21,23,25,37H,6,8-13,32H2,1-3H3/t14-,16?,17?,18?,20+,21?,23?,25?,27?,28?,29+/m1/s1. The monoisotopic (exact) mass is 673 g/mol. The van der Waals surface area contributed by atoms with Crippen LogP contribution in [-0.4, -0.2) is 88.7 Å².